The average molecular weight is 341 g/mol. The van der Waals surface area contributed by atoms with Crippen LogP contribution in [0, 0.1) is 6.92 Å². The molecule has 0 spiro atoms. The van der Waals surface area contributed by atoms with Gasteiger partial charge in [0, 0.05) is 16.7 Å². The van der Waals surface area contributed by atoms with E-state index in [1.165, 1.54) is 0 Å². The average Bonchev–Trinajstić information content (AvgIpc) is 2.31. The minimum atomic E-state index is -0.675. The van der Waals surface area contributed by atoms with E-state index in [1.54, 1.807) is 0 Å². The molecule has 1 atom stereocenters. The van der Waals surface area contributed by atoms with E-state index in [4.69, 9.17) is 0 Å². The maximum absolute atomic E-state index is 12.1. The van der Waals surface area contributed by atoms with Crippen molar-refractivity contribution >= 4 is 27.5 Å². The zero-order chi connectivity index (χ0) is 14.8. The quantitative estimate of drug-likeness (QED) is 0.888. The predicted molar refractivity (Wildman–Crippen MR) is 83.8 cm³/mol. The topological polar surface area (TPSA) is 52.6 Å². The Kier molecular flexibility index (Phi) is 4.83. The van der Waals surface area contributed by atoms with Crippen LogP contribution in [0.3, 0.4) is 0 Å². The Labute approximate surface area is 128 Å². The van der Waals surface area contributed by atoms with E-state index < -0.39 is 5.60 Å². The number of rotatable bonds is 3. The summed E-state index contributed by atoms with van der Waals surface area (Å²) in [5.74, 6) is -0.0341. The number of anilines is 1. The molecule has 1 saturated heterocycles. The Morgan fingerprint density at radius 1 is 1.55 bits per heavy atom. The molecule has 0 aliphatic carbocycles. The number of halogens is 1. The van der Waals surface area contributed by atoms with Crippen molar-refractivity contribution in [2.45, 2.75) is 32.3 Å². The molecule has 0 bridgehead atoms. The van der Waals surface area contributed by atoms with Crippen LogP contribution < -0.4 is 5.32 Å². The number of aryl methyl sites for hydroxylation is 1. The largest absolute Gasteiger partial charge is 0.389 e. The summed E-state index contributed by atoms with van der Waals surface area (Å²) in [7, 11) is 0. The van der Waals surface area contributed by atoms with E-state index in [0.717, 1.165) is 35.1 Å². The SMILES string of the molecule is Cc1cc(Br)ccc1NC(=O)CN1CCCC(C)(O)C1. The predicted octanol–water partition coefficient (Wildman–Crippen LogP) is 2.54. The van der Waals surface area contributed by atoms with Gasteiger partial charge in [-0.1, -0.05) is 15.9 Å². The van der Waals surface area contributed by atoms with Crippen LogP contribution in [0.1, 0.15) is 25.3 Å². The Hall–Kier alpha value is -0.910. The molecule has 1 aromatic rings. The van der Waals surface area contributed by atoms with Gasteiger partial charge in [-0.25, -0.2) is 0 Å². The monoisotopic (exact) mass is 340 g/mol. The molecule has 2 rings (SSSR count). The maximum Gasteiger partial charge on any atom is 0.238 e. The van der Waals surface area contributed by atoms with Gasteiger partial charge in [0.15, 0.2) is 0 Å². The van der Waals surface area contributed by atoms with E-state index in [-0.39, 0.29) is 5.91 Å². The fraction of sp³-hybridized carbons (Fsp3) is 0.533. The van der Waals surface area contributed by atoms with Crippen LogP contribution in [0.5, 0.6) is 0 Å². The number of benzene rings is 1. The van der Waals surface area contributed by atoms with Gasteiger partial charge in [-0.3, -0.25) is 9.69 Å². The lowest BCUT2D eigenvalue weighted by atomic mass is 9.95. The van der Waals surface area contributed by atoms with Crippen molar-refractivity contribution in [2.75, 3.05) is 25.0 Å². The van der Waals surface area contributed by atoms with E-state index in [0.29, 0.717) is 13.1 Å². The molecule has 1 aliphatic heterocycles. The summed E-state index contributed by atoms with van der Waals surface area (Å²) in [6.07, 6.45) is 1.73. The summed E-state index contributed by atoms with van der Waals surface area (Å²) in [5.41, 5.74) is 1.19. The molecule has 20 heavy (non-hydrogen) atoms. The Morgan fingerprint density at radius 2 is 2.30 bits per heavy atom. The molecule has 2 N–H and O–H groups in total. The van der Waals surface area contributed by atoms with Gasteiger partial charge in [-0.2, -0.15) is 0 Å². The number of β-amino-alcohol motifs (C(OH)–C–C–N with tert-alkyl or cyclic N) is 1. The molecule has 4 nitrogen and oxygen atoms in total. The molecule has 1 fully saturated rings. The number of amides is 1. The number of nitrogens with zero attached hydrogens (tertiary/aromatic N) is 1. The molecule has 110 valence electrons. The third-order valence-corrected chi connectivity index (χ3v) is 4.08. The standard InChI is InChI=1S/C15H21BrN2O2/c1-11-8-12(16)4-5-13(11)17-14(19)9-18-7-3-6-15(2,20)10-18/h4-5,8,20H,3,6-7,9-10H2,1-2H3,(H,17,19). The van der Waals surface area contributed by atoms with Crippen molar-refractivity contribution < 1.29 is 9.90 Å². The lowest BCUT2D eigenvalue weighted by Crippen LogP contribution is -2.48. The van der Waals surface area contributed by atoms with Crippen LogP contribution in [0.25, 0.3) is 0 Å². The smallest absolute Gasteiger partial charge is 0.238 e. The fourth-order valence-electron chi connectivity index (χ4n) is 2.62. The minimum absolute atomic E-state index is 0.0341. The number of nitrogens with one attached hydrogen (secondary N) is 1. The lowest BCUT2D eigenvalue weighted by molar-refractivity contribution is -0.118. The molecule has 1 amide bonds. The van der Waals surface area contributed by atoms with Gasteiger partial charge >= 0.3 is 0 Å². The van der Waals surface area contributed by atoms with E-state index >= 15 is 0 Å². The van der Waals surface area contributed by atoms with Gasteiger partial charge in [0.25, 0.3) is 0 Å². The van der Waals surface area contributed by atoms with Crippen LogP contribution in [0.4, 0.5) is 5.69 Å². The normalized spacial score (nSPS) is 23.6. The molecule has 1 heterocycles. The van der Waals surface area contributed by atoms with Gasteiger partial charge in [0.1, 0.15) is 0 Å². The molecular weight excluding hydrogens is 320 g/mol. The molecular formula is C15H21BrN2O2. The van der Waals surface area contributed by atoms with E-state index in [1.807, 2.05) is 36.9 Å². The second-order valence-electron chi connectivity index (χ2n) is 5.82. The van der Waals surface area contributed by atoms with Gasteiger partial charge in [-0.15, -0.1) is 0 Å². The minimum Gasteiger partial charge on any atom is -0.389 e. The highest BCUT2D eigenvalue weighted by molar-refractivity contribution is 9.10. The molecule has 0 radical (unpaired) electrons. The van der Waals surface area contributed by atoms with Crippen LogP contribution in [-0.4, -0.2) is 41.1 Å². The highest BCUT2D eigenvalue weighted by Gasteiger charge is 2.29. The second-order valence-corrected chi connectivity index (χ2v) is 6.73. The molecule has 0 saturated carbocycles. The zero-order valence-corrected chi connectivity index (χ0v) is 13.5. The van der Waals surface area contributed by atoms with Crippen LogP contribution in [0.2, 0.25) is 0 Å². The van der Waals surface area contributed by atoms with Crippen LogP contribution in [0.15, 0.2) is 22.7 Å². The number of piperidine rings is 1. The van der Waals surface area contributed by atoms with Crippen LogP contribution in [-0.2, 0) is 4.79 Å². The number of carbonyl (C=O) groups is 1. The van der Waals surface area contributed by atoms with Gasteiger partial charge < -0.3 is 10.4 Å². The summed E-state index contributed by atoms with van der Waals surface area (Å²) in [6.45, 7) is 5.54. The highest BCUT2D eigenvalue weighted by Crippen LogP contribution is 2.21. The van der Waals surface area contributed by atoms with Crippen molar-refractivity contribution in [1.29, 1.82) is 0 Å². The zero-order valence-electron chi connectivity index (χ0n) is 11.9. The van der Waals surface area contributed by atoms with Crippen molar-refractivity contribution in [2.24, 2.45) is 0 Å². The van der Waals surface area contributed by atoms with E-state index in [9.17, 15) is 9.90 Å². The Bertz CT molecular complexity index is 503. The lowest BCUT2D eigenvalue weighted by Gasteiger charge is -2.36. The number of hydrogen-bond donors (Lipinski definition) is 2. The van der Waals surface area contributed by atoms with Crippen molar-refractivity contribution in [3.63, 3.8) is 0 Å². The number of aliphatic hydroxyl groups is 1. The summed E-state index contributed by atoms with van der Waals surface area (Å²) < 4.78 is 1.00. The highest BCUT2D eigenvalue weighted by atomic mass is 79.9. The third-order valence-electron chi connectivity index (χ3n) is 3.58. The molecule has 1 aliphatic rings. The first-order valence-electron chi connectivity index (χ1n) is 6.86. The second kappa shape index (κ2) is 6.24. The Morgan fingerprint density at radius 3 is 2.95 bits per heavy atom. The van der Waals surface area contributed by atoms with Gasteiger partial charge in [0.05, 0.1) is 12.1 Å². The number of carbonyl (C=O) groups excluding carboxylic acids is 1. The van der Waals surface area contributed by atoms with Crippen molar-refractivity contribution in [3.8, 4) is 0 Å². The van der Waals surface area contributed by atoms with Crippen LogP contribution >= 0.6 is 15.9 Å². The van der Waals surface area contributed by atoms with E-state index in [2.05, 4.69) is 21.2 Å². The van der Waals surface area contributed by atoms with Crippen molar-refractivity contribution in [1.82, 2.24) is 4.90 Å². The summed E-state index contributed by atoms with van der Waals surface area (Å²) >= 11 is 3.41. The third kappa shape index (κ3) is 4.30. The summed E-state index contributed by atoms with van der Waals surface area (Å²) in [4.78, 5) is 14.1. The summed E-state index contributed by atoms with van der Waals surface area (Å²) in [5, 5.41) is 13.0. The number of hydrogen-bond acceptors (Lipinski definition) is 3. The summed E-state index contributed by atoms with van der Waals surface area (Å²) in [6, 6.07) is 5.78. The maximum atomic E-state index is 12.1. The number of likely N-dealkylation sites (tertiary alicyclic amines) is 1. The molecule has 0 aromatic heterocycles. The first-order chi connectivity index (χ1) is 9.35. The fourth-order valence-corrected chi connectivity index (χ4v) is 3.09. The molecule has 1 aromatic carbocycles. The first kappa shape index (κ1) is 15.5. The first-order valence-corrected chi connectivity index (χ1v) is 7.66. The molecule has 5 heteroatoms. The van der Waals surface area contributed by atoms with Crippen molar-refractivity contribution in [3.05, 3.63) is 28.2 Å². The Balaban J connectivity index is 1.92. The van der Waals surface area contributed by atoms with Gasteiger partial charge in [-0.05, 0) is 57.0 Å². The molecule has 1 unspecified atom stereocenters. The van der Waals surface area contributed by atoms with Gasteiger partial charge in [0.2, 0.25) is 5.91 Å².